The fourth-order valence-corrected chi connectivity index (χ4v) is 4.75. The molecule has 33 heavy (non-hydrogen) atoms. The molecular weight excluding hydrogens is 453 g/mol. The molecule has 2 aromatic rings. The fraction of sp³-hybridized carbons (Fsp3) is 0.304. The van der Waals surface area contributed by atoms with Crippen molar-refractivity contribution in [3.63, 3.8) is 0 Å². The number of fused-ring (bicyclic) bond motifs is 1. The van der Waals surface area contributed by atoms with Gasteiger partial charge in [0.25, 0.3) is 11.8 Å². The van der Waals surface area contributed by atoms with Crippen LogP contribution >= 0.6 is 12.2 Å². The van der Waals surface area contributed by atoms with E-state index in [1.54, 1.807) is 42.8 Å². The summed E-state index contributed by atoms with van der Waals surface area (Å²) in [7, 11) is 1.71. The maximum Gasteiger partial charge on any atom is 0.417 e. The summed E-state index contributed by atoms with van der Waals surface area (Å²) in [6.07, 6.45) is -3.38. The highest BCUT2D eigenvalue weighted by molar-refractivity contribution is 7.81. The number of hydrogen-bond donors (Lipinski definition) is 1. The Bertz CT molecular complexity index is 1210. The summed E-state index contributed by atoms with van der Waals surface area (Å²) >= 11 is 5.57. The van der Waals surface area contributed by atoms with Crippen molar-refractivity contribution in [2.45, 2.75) is 32.0 Å². The van der Waals surface area contributed by atoms with Crippen LogP contribution in [-0.4, -0.2) is 47.2 Å². The highest BCUT2D eigenvalue weighted by Crippen LogP contribution is 2.40. The number of nitrogens with zero attached hydrogens (tertiary/aromatic N) is 3. The Kier molecular flexibility index (Phi) is 5.31. The number of hydrogen-bond acceptors (Lipinski definition) is 4. The topological polar surface area (TPSA) is 67.7 Å². The second-order valence-electron chi connectivity index (χ2n) is 8.55. The Morgan fingerprint density at radius 1 is 1.09 bits per heavy atom. The number of carbonyl (C=O) groups is 2. The number of likely N-dealkylation sites (N-methyl/N-ethyl adjacent to an activating group) is 1. The smallest absolute Gasteiger partial charge is 0.341 e. The van der Waals surface area contributed by atoms with Gasteiger partial charge in [0.2, 0.25) is 0 Å². The molecule has 0 spiro atoms. The van der Waals surface area contributed by atoms with Gasteiger partial charge in [-0.3, -0.25) is 14.5 Å². The van der Waals surface area contributed by atoms with Gasteiger partial charge in [0.05, 0.1) is 11.3 Å². The van der Waals surface area contributed by atoms with Gasteiger partial charge in [0.1, 0.15) is 5.54 Å². The van der Waals surface area contributed by atoms with Crippen LogP contribution in [0, 0.1) is 5.41 Å². The maximum absolute atomic E-state index is 13.5. The minimum Gasteiger partial charge on any atom is -0.341 e. The second kappa shape index (κ2) is 7.65. The van der Waals surface area contributed by atoms with E-state index in [4.69, 9.17) is 17.6 Å². The van der Waals surface area contributed by atoms with Crippen LogP contribution in [-0.2, 0) is 17.4 Å². The number of rotatable bonds is 3. The molecule has 0 saturated carbocycles. The van der Waals surface area contributed by atoms with Gasteiger partial charge in [-0.1, -0.05) is 12.1 Å². The molecule has 6 nitrogen and oxygen atoms in total. The second-order valence-corrected chi connectivity index (χ2v) is 8.91. The molecule has 0 aliphatic carbocycles. The third-order valence-electron chi connectivity index (χ3n) is 6.07. The number of carbonyl (C=O) groups excluding carboxylic acids is 2. The highest BCUT2D eigenvalue weighted by Gasteiger charge is 2.51. The van der Waals surface area contributed by atoms with Crippen molar-refractivity contribution in [2.24, 2.45) is 0 Å². The average molecular weight is 475 g/mol. The Morgan fingerprint density at radius 3 is 2.39 bits per heavy atom. The minimum absolute atomic E-state index is 0.0114. The molecule has 2 aliphatic rings. The largest absolute Gasteiger partial charge is 0.417 e. The number of amides is 2. The maximum atomic E-state index is 13.5. The van der Waals surface area contributed by atoms with E-state index in [-0.39, 0.29) is 22.3 Å². The van der Waals surface area contributed by atoms with Crippen LogP contribution in [0.15, 0.2) is 36.4 Å². The molecule has 0 radical (unpaired) electrons. The summed E-state index contributed by atoms with van der Waals surface area (Å²) in [5, 5.41) is 7.28. The third-order valence-corrected chi connectivity index (χ3v) is 6.43. The molecule has 2 aromatic carbocycles. The predicted molar refractivity (Wildman–Crippen MR) is 123 cm³/mol. The van der Waals surface area contributed by atoms with Gasteiger partial charge in [-0.25, -0.2) is 0 Å². The first-order valence-electron chi connectivity index (χ1n) is 10.2. The third kappa shape index (κ3) is 3.58. The van der Waals surface area contributed by atoms with Crippen molar-refractivity contribution >= 4 is 46.7 Å². The van der Waals surface area contributed by atoms with Crippen molar-refractivity contribution in [1.29, 1.82) is 5.41 Å². The minimum atomic E-state index is -4.70. The lowest BCUT2D eigenvalue weighted by molar-refractivity contribution is -0.137. The summed E-state index contributed by atoms with van der Waals surface area (Å²) in [5.74, 6) is -0.634. The van der Waals surface area contributed by atoms with E-state index in [1.165, 1.54) is 6.07 Å². The van der Waals surface area contributed by atoms with Crippen LogP contribution in [0.5, 0.6) is 0 Å². The van der Waals surface area contributed by atoms with E-state index in [1.807, 2.05) is 6.07 Å². The molecule has 10 heteroatoms. The molecule has 1 N–H and O–H groups in total. The zero-order valence-electron chi connectivity index (χ0n) is 18.2. The van der Waals surface area contributed by atoms with Gasteiger partial charge in [-0.15, -0.1) is 0 Å². The van der Waals surface area contributed by atoms with Gasteiger partial charge in [-0.05, 0) is 62.3 Å². The molecule has 0 unspecified atom stereocenters. The first-order chi connectivity index (χ1) is 15.4. The van der Waals surface area contributed by atoms with Crippen molar-refractivity contribution in [1.82, 2.24) is 4.90 Å². The standard InChI is InChI=1S/C23H21F3N4O2S/c1-22(2)20(32)29(15-6-5-14(12-27)18(11-15)23(24,25)26)21(33)30(22)16-7-4-13-8-9-28(3)19(31)17(13)10-16/h4-7,10-12,27H,8-9H2,1-3H3. The van der Waals surface area contributed by atoms with Crippen LogP contribution in [0.1, 0.15) is 40.9 Å². The molecule has 1 saturated heterocycles. The van der Waals surface area contributed by atoms with E-state index in [0.717, 1.165) is 22.6 Å². The highest BCUT2D eigenvalue weighted by atomic mass is 32.1. The molecule has 172 valence electrons. The van der Waals surface area contributed by atoms with Crippen LogP contribution in [0.4, 0.5) is 24.5 Å². The first-order valence-corrected chi connectivity index (χ1v) is 10.6. The van der Waals surface area contributed by atoms with E-state index in [2.05, 4.69) is 0 Å². The number of halogens is 3. The van der Waals surface area contributed by atoms with Crippen molar-refractivity contribution in [3.8, 4) is 0 Å². The molecule has 0 aromatic heterocycles. The molecular formula is C23H21F3N4O2S. The normalized spacial score (nSPS) is 18.1. The number of thiocarbonyl (C=S) groups is 1. The molecule has 0 atom stereocenters. The van der Waals surface area contributed by atoms with E-state index in [0.29, 0.717) is 30.4 Å². The SMILES string of the molecule is CN1CCc2ccc(N3C(=S)N(c4ccc(C=N)c(C(F)(F)F)c4)C(=O)C3(C)C)cc2C1=O. The quantitative estimate of drug-likeness (QED) is 0.534. The van der Waals surface area contributed by atoms with Crippen LogP contribution in [0.3, 0.4) is 0 Å². The molecule has 2 aliphatic heterocycles. The van der Waals surface area contributed by atoms with Gasteiger partial charge in [0.15, 0.2) is 5.11 Å². The van der Waals surface area contributed by atoms with Crippen LogP contribution in [0.25, 0.3) is 0 Å². The van der Waals surface area contributed by atoms with Crippen LogP contribution < -0.4 is 9.80 Å². The number of benzene rings is 2. The van der Waals surface area contributed by atoms with E-state index < -0.39 is 23.2 Å². The Balaban J connectivity index is 1.79. The number of nitrogens with one attached hydrogen (secondary N) is 1. The Hall–Kier alpha value is -3.27. The summed E-state index contributed by atoms with van der Waals surface area (Å²) in [6.45, 7) is 3.87. The number of alkyl halides is 3. The Morgan fingerprint density at radius 2 is 1.76 bits per heavy atom. The summed E-state index contributed by atoms with van der Waals surface area (Å²) < 4.78 is 40.6. The van der Waals surface area contributed by atoms with Gasteiger partial charge in [0, 0.05) is 36.6 Å². The van der Waals surface area contributed by atoms with Crippen molar-refractivity contribution < 1.29 is 22.8 Å². The fourth-order valence-electron chi connectivity index (χ4n) is 4.23. The molecule has 2 heterocycles. The zero-order chi connectivity index (χ0) is 24.3. The van der Waals surface area contributed by atoms with Crippen LogP contribution in [0.2, 0.25) is 0 Å². The Labute approximate surface area is 194 Å². The first kappa shape index (κ1) is 22.9. The lowest BCUT2D eigenvalue weighted by Crippen LogP contribution is -2.44. The lowest BCUT2D eigenvalue weighted by Gasteiger charge is -2.31. The summed E-state index contributed by atoms with van der Waals surface area (Å²) in [6, 6.07) is 8.57. The summed E-state index contributed by atoms with van der Waals surface area (Å²) in [5.41, 5.74) is -0.650. The predicted octanol–water partition coefficient (Wildman–Crippen LogP) is 4.25. The monoisotopic (exact) mass is 474 g/mol. The number of anilines is 2. The molecule has 4 rings (SSSR count). The van der Waals surface area contributed by atoms with E-state index in [9.17, 15) is 22.8 Å². The van der Waals surface area contributed by atoms with Gasteiger partial charge in [-0.2, -0.15) is 13.2 Å². The summed E-state index contributed by atoms with van der Waals surface area (Å²) in [4.78, 5) is 30.2. The zero-order valence-corrected chi connectivity index (χ0v) is 19.0. The van der Waals surface area contributed by atoms with Gasteiger partial charge >= 0.3 is 6.18 Å². The van der Waals surface area contributed by atoms with Crippen molar-refractivity contribution in [2.75, 3.05) is 23.4 Å². The molecule has 0 bridgehead atoms. The average Bonchev–Trinajstić information content (AvgIpc) is 2.93. The molecule has 2 amide bonds. The van der Waals surface area contributed by atoms with E-state index >= 15 is 0 Å². The van der Waals surface area contributed by atoms with Crippen molar-refractivity contribution in [3.05, 3.63) is 58.7 Å². The molecule has 1 fully saturated rings. The lowest BCUT2D eigenvalue weighted by atomic mass is 9.97. The van der Waals surface area contributed by atoms with Gasteiger partial charge < -0.3 is 15.2 Å².